The molecule has 3 rings (SSSR count). The van der Waals surface area contributed by atoms with Gasteiger partial charge >= 0.3 is 5.97 Å². The zero-order valence-corrected chi connectivity index (χ0v) is 42.0. The van der Waals surface area contributed by atoms with Crippen LogP contribution in [0.25, 0.3) is 0 Å². The van der Waals surface area contributed by atoms with Crippen LogP contribution in [0.4, 0.5) is 0 Å². The number of carboxylic acids is 1. The minimum absolute atomic E-state index is 0.00149. The van der Waals surface area contributed by atoms with Gasteiger partial charge in [0.05, 0.1) is 37.4 Å². The number of thioether (sulfide) groups is 1. The fraction of sp³-hybridized carbons (Fsp3) is 0.628. The Bertz CT molecular complexity index is 2050. The van der Waals surface area contributed by atoms with E-state index in [9.17, 15) is 58.0 Å². The topological polar surface area (TPSA) is 404 Å². The van der Waals surface area contributed by atoms with Gasteiger partial charge in [0.15, 0.2) is 5.96 Å². The summed E-state index contributed by atoms with van der Waals surface area (Å²) in [5.41, 5.74) is 17.5. The van der Waals surface area contributed by atoms with Crippen molar-refractivity contribution in [3.8, 4) is 0 Å². The Morgan fingerprint density at radius 1 is 0.873 bits per heavy atom. The van der Waals surface area contributed by atoms with Gasteiger partial charge in [-0.1, -0.05) is 48.6 Å². The Hall–Kier alpha value is -5.44. The van der Waals surface area contributed by atoms with Crippen LogP contribution in [0.15, 0.2) is 35.3 Å². The van der Waals surface area contributed by atoms with Gasteiger partial charge in [-0.2, -0.15) is 0 Å². The lowest BCUT2D eigenvalue weighted by atomic mass is 10.0. The molecule has 0 spiro atoms. The van der Waals surface area contributed by atoms with Gasteiger partial charge in [-0.3, -0.25) is 48.1 Å². The molecule has 7 atom stereocenters. The number of carbonyl (C=O) groups is 9. The van der Waals surface area contributed by atoms with Gasteiger partial charge in [-0.15, -0.1) is 11.8 Å². The number of aliphatic imine (C=N–C) groups is 1. The standard InChI is InChI=1S/C43H69N12O13PS2/c44-29(25-71-26-35(57)47-17-7-2-5-16-36(58)55-20-10-13-28(55)24-68-69(66,67)70)38(61)48-18-8-6-14-31-40(63)52-30(15-9-19-49-43(45)46)39(62)50-23-34(56)51-33(22-37(59)60)42(65)54-32(41(64)53-31)21-27-11-3-1-4-12-27/h1,3-4,11-12,28-33H,2,5-10,13-26,44H2,(H,47,57)(H,48,61)(H,50,62)(H,51,56)(H,52,63)(H,53,64)(H,54,65)(H,59,60)(H4,45,46,49)(H2,66,67,70)/p-1/t28-,29-,30-,31-,32+,33-/m0/s1. The summed E-state index contributed by atoms with van der Waals surface area (Å²) in [7, 11) is 0. The van der Waals surface area contributed by atoms with Gasteiger partial charge in [0.25, 0.3) is 0 Å². The molecule has 2 aliphatic rings. The average molecular weight is 1060 g/mol. The Labute approximate surface area is 421 Å². The van der Waals surface area contributed by atoms with Crippen molar-refractivity contribution in [2.24, 2.45) is 22.2 Å². The highest BCUT2D eigenvalue weighted by Gasteiger charge is 2.34. The third-order valence-electron chi connectivity index (χ3n) is 11.2. The molecule has 2 fully saturated rings. The Kier molecular flexibility index (Phi) is 26.8. The number of carbonyl (C=O) groups excluding carboxylic acids is 8. The zero-order chi connectivity index (χ0) is 52.3. The number of hydrogen-bond acceptors (Lipinski definition) is 15. The number of likely N-dealkylation sites (tertiary alicyclic amines) is 1. The quantitative estimate of drug-likeness (QED) is 0.0176. The van der Waals surface area contributed by atoms with Crippen LogP contribution < -0.4 is 59.3 Å². The highest BCUT2D eigenvalue weighted by atomic mass is 32.5. The molecule has 1 aromatic carbocycles. The van der Waals surface area contributed by atoms with E-state index in [0.29, 0.717) is 57.2 Å². The summed E-state index contributed by atoms with van der Waals surface area (Å²) in [5, 5.41) is 27.6. The van der Waals surface area contributed by atoms with Crippen molar-refractivity contribution in [3.63, 3.8) is 0 Å². The lowest BCUT2D eigenvalue weighted by molar-refractivity contribution is -0.202. The van der Waals surface area contributed by atoms with Crippen LogP contribution in [0, 0.1) is 0 Å². The van der Waals surface area contributed by atoms with Crippen molar-refractivity contribution in [1.29, 1.82) is 0 Å². The molecule has 2 saturated heterocycles. The second kappa shape index (κ2) is 31.8. The van der Waals surface area contributed by atoms with Crippen LogP contribution in [0.3, 0.4) is 0 Å². The smallest absolute Gasteiger partial charge is 0.305 e. The predicted molar refractivity (Wildman–Crippen MR) is 264 cm³/mol. The van der Waals surface area contributed by atoms with Crippen LogP contribution in [-0.2, 0) is 65.9 Å². The first-order chi connectivity index (χ1) is 33.7. The van der Waals surface area contributed by atoms with Crippen LogP contribution in [-0.4, -0.2) is 161 Å². The van der Waals surface area contributed by atoms with E-state index in [0.717, 1.165) is 6.42 Å². The van der Waals surface area contributed by atoms with Gasteiger partial charge in [-0.25, -0.2) is 0 Å². The molecule has 1 unspecified atom stereocenters. The van der Waals surface area contributed by atoms with E-state index in [-0.39, 0.29) is 87.1 Å². The number of nitrogens with two attached hydrogens (primary N) is 3. The third-order valence-corrected chi connectivity index (χ3v) is 13.0. The first-order valence-electron chi connectivity index (χ1n) is 23.4. The largest absolute Gasteiger partial charge is 0.780 e. The number of aliphatic carboxylic acids is 1. The van der Waals surface area contributed by atoms with Crippen molar-refractivity contribution in [3.05, 3.63) is 35.9 Å². The molecule has 8 amide bonds. The summed E-state index contributed by atoms with van der Waals surface area (Å²) in [4.78, 5) is 143. The fourth-order valence-corrected chi connectivity index (χ4v) is 8.88. The van der Waals surface area contributed by atoms with Crippen molar-refractivity contribution in [2.75, 3.05) is 50.8 Å². The minimum Gasteiger partial charge on any atom is -0.780 e. The molecule has 1 aromatic rings. The van der Waals surface area contributed by atoms with Gasteiger partial charge < -0.3 is 78.7 Å². The van der Waals surface area contributed by atoms with Crippen LogP contribution in [0.5, 0.6) is 0 Å². The molecule has 2 aliphatic heterocycles. The molecule has 0 aromatic heterocycles. The molecule has 28 heteroatoms. The molecule has 25 nitrogen and oxygen atoms in total. The van der Waals surface area contributed by atoms with Crippen LogP contribution in [0.2, 0.25) is 0 Å². The highest BCUT2D eigenvalue weighted by molar-refractivity contribution is 8.06. The monoisotopic (exact) mass is 1060 g/mol. The molecule has 2 heterocycles. The number of amides is 8. The van der Waals surface area contributed by atoms with Gasteiger partial charge in [0.1, 0.15) is 30.9 Å². The van der Waals surface area contributed by atoms with Crippen molar-refractivity contribution in [1.82, 2.24) is 42.1 Å². The van der Waals surface area contributed by atoms with Crippen molar-refractivity contribution >= 4 is 89.5 Å². The van der Waals surface area contributed by atoms with E-state index in [1.807, 2.05) is 0 Å². The minimum atomic E-state index is -4.04. The Morgan fingerprint density at radius 3 is 2.20 bits per heavy atom. The Balaban J connectivity index is 1.53. The molecule has 0 saturated carbocycles. The van der Waals surface area contributed by atoms with E-state index in [4.69, 9.17) is 21.7 Å². The lowest BCUT2D eigenvalue weighted by Gasteiger charge is -2.28. The van der Waals surface area contributed by atoms with Crippen LogP contribution >= 0.6 is 18.5 Å². The van der Waals surface area contributed by atoms with E-state index in [2.05, 4.69) is 54.0 Å². The normalized spacial score (nSPS) is 21.4. The second-order valence-corrected chi connectivity index (χ2v) is 20.6. The number of nitrogens with zero attached hydrogens (tertiary/aromatic N) is 2. The highest BCUT2D eigenvalue weighted by Crippen LogP contribution is 2.33. The maximum absolute atomic E-state index is 14.0. The van der Waals surface area contributed by atoms with Gasteiger partial charge in [-0.05, 0) is 63.4 Å². The summed E-state index contributed by atoms with van der Waals surface area (Å²) < 4.78 is 4.84. The van der Waals surface area contributed by atoms with Crippen LogP contribution in [0.1, 0.15) is 82.6 Å². The number of unbranched alkanes of at least 4 members (excludes halogenated alkanes) is 3. The molecule has 15 N–H and O–H groups in total. The molecule has 0 bridgehead atoms. The average Bonchev–Trinajstić information content (AvgIpc) is 3.79. The molecule has 0 radical (unpaired) electrons. The maximum atomic E-state index is 14.0. The number of guanidine groups is 1. The fourth-order valence-electron chi connectivity index (χ4n) is 7.53. The summed E-state index contributed by atoms with van der Waals surface area (Å²) in [6.45, 7) is -3.62. The first kappa shape index (κ1) is 59.9. The number of nitrogens with one attached hydrogen (secondary N) is 7. The Morgan fingerprint density at radius 2 is 1.51 bits per heavy atom. The summed E-state index contributed by atoms with van der Waals surface area (Å²) in [6.07, 6.45) is 3.56. The predicted octanol–water partition coefficient (Wildman–Crippen LogP) is -3.57. The SMILES string of the molecule is NC(N)=NCCC[C@@H]1NC(=O)[C@H](CCCCNC(=O)[C@@H](N)CSCC(=O)NCCCCCC(=O)N2CCC[C@H]2COP([O-])(O)=S)NC(=O)[C@@H](Cc2ccccc2)NC(=O)[C@H](CC(=O)O)NC(=O)CNC1=O. The summed E-state index contributed by atoms with van der Waals surface area (Å²) >= 11 is 5.56. The van der Waals surface area contributed by atoms with E-state index in [1.165, 1.54) is 11.8 Å². The van der Waals surface area contributed by atoms with Crippen molar-refractivity contribution < 1.29 is 62.6 Å². The third kappa shape index (κ3) is 24.5. The zero-order valence-electron chi connectivity index (χ0n) is 39.5. The molecular formula is C43H68N12O13PS2-. The van der Waals surface area contributed by atoms with E-state index >= 15 is 0 Å². The first-order valence-corrected chi connectivity index (χ1v) is 27.1. The van der Waals surface area contributed by atoms with Gasteiger partial charge in [0, 0.05) is 44.8 Å². The van der Waals surface area contributed by atoms with Gasteiger partial charge in [0.2, 0.25) is 47.3 Å². The molecular weight excluding hydrogens is 988 g/mol. The lowest BCUT2D eigenvalue weighted by Crippen LogP contribution is -2.58. The molecule has 0 aliphatic carbocycles. The van der Waals surface area contributed by atoms with E-state index < -0.39 is 91.3 Å². The molecule has 71 heavy (non-hydrogen) atoms. The number of hydrogen-bond donors (Lipinski definition) is 12. The van der Waals surface area contributed by atoms with E-state index in [1.54, 1.807) is 35.2 Å². The second-order valence-electron chi connectivity index (χ2n) is 17.0. The summed E-state index contributed by atoms with van der Waals surface area (Å²) in [5.74, 6) is -6.45. The number of benzene rings is 1. The molecule has 396 valence electrons. The maximum Gasteiger partial charge on any atom is 0.305 e. The number of carboxylic acid groups (broad SMARTS) is 1. The summed E-state index contributed by atoms with van der Waals surface area (Å²) in [6, 6.07) is 1.84. The number of rotatable bonds is 27. The van der Waals surface area contributed by atoms with Crippen molar-refractivity contribution in [2.45, 2.75) is 120 Å².